The normalized spacial score (nSPS) is 19.0. The van der Waals surface area contributed by atoms with Gasteiger partial charge in [-0.3, -0.25) is 9.59 Å². The molecule has 0 radical (unpaired) electrons. The van der Waals surface area contributed by atoms with Crippen LogP contribution >= 0.6 is 11.6 Å². The lowest BCUT2D eigenvalue weighted by Crippen LogP contribution is -2.37. The van der Waals surface area contributed by atoms with Crippen molar-refractivity contribution >= 4 is 23.4 Å². The summed E-state index contributed by atoms with van der Waals surface area (Å²) in [6.07, 6.45) is 3.85. The Balaban J connectivity index is 1.35. The van der Waals surface area contributed by atoms with Gasteiger partial charge in [-0.2, -0.15) is 0 Å². The van der Waals surface area contributed by atoms with Gasteiger partial charge in [0.1, 0.15) is 0 Å². The largest absolute Gasteiger partial charge is 0.356 e. The fourth-order valence-corrected chi connectivity index (χ4v) is 3.93. The number of amides is 2. The summed E-state index contributed by atoms with van der Waals surface area (Å²) in [5.74, 6) is 0.227. The summed E-state index contributed by atoms with van der Waals surface area (Å²) >= 11 is 5.98. The molecule has 0 aromatic heterocycles. The van der Waals surface area contributed by atoms with E-state index in [0.717, 1.165) is 43.2 Å². The summed E-state index contributed by atoms with van der Waals surface area (Å²) in [4.78, 5) is 24.8. The van der Waals surface area contributed by atoms with Crippen molar-refractivity contribution in [2.24, 2.45) is 11.8 Å². The van der Waals surface area contributed by atoms with Crippen LogP contribution in [0.15, 0.2) is 54.6 Å². The van der Waals surface area contributed by atoms with Crippen molar-refractivity contribution in [3.63, 3.8) is 0 Å². The Kier molecular flexibility index (Phi) is 7.49. The van der Waals surface area contributed by atoms with Gasteiger partial charge in [0, 0.05) is 29.9 Å². The van der Waals surface area contributed by atoms with Gasteiger partial charge in [0.15, 0.2) is 0 Å². The highest BCUT2D eigenvalue weighted by Gasteiger charge is 2.29. The minimum Gasteiger partial charge on any atom is -0.356 e. The first kappa shape index (κ1) is 20.4. The molecule has 2 amide bonds. The molecule has 0 atom stereocenters. The summed E-state index contributed by atoms with van der Waals surface area (Å²) in [6.45, 7) is 1.17. The van der Waals surface area contributed by atoms with Crippen molar-refractivity contribution in [1.82, 2.24) is 10.6 Å². The molecule has 0 spiro atoms. The lowest BCUT2D eigenvalue weighted by atomic mass is 9.81. The zero-order valence-electron chi connectivity index (χ0n) is 16.0. The van der Waals surface area contributed by atoms with Crippen molar-refractivity contribution in [1.29, 1.82) is 0 Å². The van der Waals surface area contributed by atoms with E-state index in [2.05, 4.69) is 10.6 Å². The lowest BCUT2D eigenvalue weighted by Gasteiger charge is -2.27. The summed E-state index contributed by atoms with van der Waals surface area (Å²) < 4.78 is 0. The number of nitrogens with one attached hydrogen (secondary N) is 2. The van der Waals surface area contributed by atoms with E-state index in [4.69, 9.17) is 11.6 Å². The molecule has 4 nitrogen and oxygen atoms in total. The first-order chi connectivity index (χ1) is 13.6. The Hall–Kier alpha value is -2.33. The fraction of sp³-hybridized carbons (Fsp3) is 0.391. The Morgan fingerprint density at radius 3 is 2.07 bits per heavy atom. The van der Waals surface area contributed by atoms with E-state index < -0.39 is 0 Å². The maximum Gasteiger partial charge on any atom is 0.223 e. The summed E-state index contributed by atoms with van der Waals surface area (Å²) in [5, 5.41) is 6.76. The van der Waals surface area contributed by atoms with Crippen LogP contribution in [0.1, 0.15) is 36.8 Å². The van der Waals surface area contributed by atoms with Gasteiger partial charge in [0.05, 0.1) is 0 Å². The van der Waals surface area contributed by atoms with Gasteiger partial charge < -0.3 is 10.6 Å². The second kappa shape index (κ2) is 10.3. The number of hydrogen-bond donors (Lipinski definition) is 2. The minimum absolute atomic E-state index is 0.0116. The van der Waals surface area contributed by atoms with E-state index in [-0.39, 0.29) is 23.7 Å². The second-order valence-electron chi connectivity index (χ2n) is 7.42. The third kappa shape index (κ3) is 6.10. The molecule has 0 heterocycles. The molecule has 148 valence electrons. The summed E-state index contributed by atoms with van der Waals surface area (Å²) in [7, 11) is 0. The fourth-order valence-electron chi connectivity index (χ4n) is 3.71. The van der Waals surface area contributed by atoms with Gasteiger partial charge in [0.2, 0.25) is 11.8 Å². The molecule has 0 unspecified atom stereocenters. The number of hydrogen-bond acceptors (Lipinski definition) is 2. The van der Waals surface area contributed by atoms with Crippen LogP contribution in [0.25, 0.3) is 0 Å². The first-order valence-corrected chi connectivity index (χ1v) is 10.3. The van der Waals surface area contributed by atoms with Crippen LogP contribution < -0.4 is 10.6 Å². The van der Waals surface area contributed by atoms with Crippen molar-refractivity contribution in [2.75, 3.05) is 6.54 Å². The van der Waals surface area contributed by atoms with E-state index >= 15 is 0 Å². The van der Waals surface area contributed by atoms with Gasteiger partial charge in [-0.15, -0.1) is 0 Å². The number of rotatable bonds is 7. The maximum absolute atomic E-state index is 12.4. The summed E-state index contributed by atoms with van der Waals surface area (Å²) in [5.41, 5.74) is 2.22. The molecule has 2 N–H and O–H groups in total. The Bertz CT molecular complexity index is 786. The van der Waals surface area contributed by atoms with Crippen molar-refractivity contribution in [3.05, 3.63) is 70.7 Å². The van der Waals surface area contributed by atoms with Crippen molar-refractivity contribution in [2.45, 2.75) is 38.6 Å². The van der Waals surface area contributed by atoms with Crippen molar-refractivity contribution < 1.29 is 9.59 Å². The molecule has 2 aromatic carbocycles. The standard InChI is InChI=1S/C23H27ClN2O2/c24-21-8-4-7-17(15-21)13-14-25-22(27)19-9-11-20(12-10-19)23(28)26-16-18-5-2-1-3-6-18/h1-8,15,19-20H,9-14,16H2,(H,25,27)(H,26,28). The molecule has 0 saturated heterocycles. The molecule has 1 aliphatic carbocycles. The van der Waals surface area contributed by atoms with Crippen LogP contribution in [0, 0.1) is 11.8 Å². The highest BCUT2D eigenvalue weighted by atomic mass is 35.5. The zero-order chi connectivity index (χ0) is 19.8. The first-order valence-electron chi connectivity index (χ1n) is 9.95. The Morgan fingerprint density at radius 2 is 1.43 bits per heavy atom. The molecule has 0 bridgehead atoms. The maximum atomic E-state index is 12.4. The molecule has 2 aromatic rings. The van der Waals surface area contributed by atoms with Gasteiger partial charge in [-0.1, -0.05) is 54.1 Å². The number of carbonyl (C=O) groups is 2. The second-order valence-corrected chi connectivity index (χ2v) is 7.86. The minimum atomic E-state index is 0.0116. The van der Waals surface area contributed by atoms with Crippen LogP contribution in [0.2, 0.25) is 5.02 Å². The smallest absolute Gasteiger partial charge is 0.223 e. The van der Waals surface area contributed by atoms with Crippen molar-refractivity contribution in [3.8, 4) is 0 Å². The molecule has 1 aliphatic rings. The Morgan fingerprint density at radius 1 is 0.821 bits per heavy atom. The van der Waals surface area contributed by atoms with Crippen LogP contribution in [-0.2, 0) is 22.6 Å². The molecule has 0 aliphatic heterocycles. The van der Waals surface area contributed by atoms with Crippen LogP contribution in [-0.4, -0.2) is 18.4 Å². The van der Waals surface area contributed by atoms with E-state index in [9.17, 15) is 9.59 Å². The molecule has 1 saturated carbocycles. The summed E-state index contributed by atoms with van der Waals surface area (Å²) in [6, 6.07) is 17.6. The molecule has 5 heteroatoms. The average molecular weight is 399 g/mol. The van der Waals surface area contributed by atoms with Crippen LogP contribution in [0.5, 0.6) is 0 Å². The van der Waals surface area contributed by atoms with Gasteiger partial charge >= 0.3 is 0 Å². The van der Waals surface area contributed by atoms with Crippen LogP contribution in [0.4, 0.5) is 0 Å². The van der Waals surface area contributed by atoms with Gasteiger partial charge in [0.25, 0.3) is 0 Å². The van der Waals surface area contributed by atoms with E-state index in [1.54, 1.807) is 0 Å². The topological polar surface area (TPSA) is 58.2 Å². The molecule has 1 fully saturated rings. The molecular weight excluding hydrogens is 372 g/mol. The van der Waals surface area contributed by atoms with Crippen LogP contribution in [0.3, 0.4) is 0 Å². The average Bonchev–Trinajstić information content (AvgIpc) is 2.73. The van der Waals surface area contributed by atoms with E-state index in [0.29, 0.717) is 18.1 Å². The zero-order valence-corrected chi connectivity index (χ0v) is 16.8. The van der Waals surface area contributed by atoms with Gasteiger partial charge in [-0.25, -0.2) is 0 Å². The quantitative estimate of drug-likeness (QED) is 0.737. The number of carbonyl (C=O) groups excluding carboxylic acids is 2. The SMILES string of the molecule is O=C(NCCc1cccc(Cl)c1)C1CCC(C(=O)NCc2ccccc2)CC1. The predicted molar refractivity (Wildman–Crippen MR) is 112 cm³/mol. The van der Waals surface area contributed by atoms with Gasteiger partial charge in [-0.05, 0) is 55.4 Å². The third-order valence-electron chi connectivity index (χ3n) is 5.38. The number of benzene rings is 2. The van der Waals surface area contributed by atoms with E-state index in [1.165, 1.54) is 0 Å². The lowest BCUT2D eigenvalue weighted by molar-refractivity contribution is -0.130. The molecule has 28 heavy (non-hydrogen) atoms. The predicted octanol–water partition coefficient (Wildman–Crippen LogP) is 4.12. The molecule has 3 rings (SSSR count). The number of halogens is 1. The Labute approximate surface area is 171 Å². The monoisotopic (exact) mass is 398 g/mol. The highest BCUT2D eigenvalue weighted by Crippen LogP contribution is 2.29. The highest BCUT2D eigenvalue weighted by molar-refractivity contribution is 6.30. The molecular formula is C23H27ClN2O2. The van der Waals surface area contributed by atoms with E-state index in [1.807, 2.05) is 54.6 Å². The third-order valence-corrected chi connectivity index (χ3v) is 5.62.